The second-order valence-corrected chi connectivity index (χ2v) is 8.17. The summed E-state index contributed by atoms with van der Waals surface area (Å²) < 4.78 is 5.58. The van der Waals surface area contributed by atoms with Crippen molar-refractivity contribution in [1.82, 2.24) is 0 Å². The normalized spacial score (nSPS) is 35.6. The average molecular weight is 298 g/mol. The molecule has 2 nitrogen and oxygen atoms in total. The standard InChI is InChI=1S/C20H26O2/c1-14-3-2-4-18(7-14)19(21)22-6-5-20-11-15-8-16(12-20)10-17(9-15)13-20/h2-4,7,15-17H,5-6,8-13H2,1H3. The van der Waals surface area contributed by atoms with Gasteiger partial charge in [-0.2, -0.15) is 0 Å². The molecule has 22 heavy (non-hydrogen) atoms. The van der Waals surface area contributed by atoms with Gasteiger partial charge in [0.25, 0.3) is 0 Å². The number of carbonyl (C=O) groups is 1. The Morgan fingerprint density at radius 2 is 1.77 bits per heavy atom. The fraction of sp³-hybridized carbons (Fsp3) is 0.650. The lowest BCUT2D eigenvalue weighted by molar-refractivity contribution is -0.0653. The van der Waals surface area contributed by atoms with Gasteiger partial charge in [0, 0.05) is 0 Å². The number of aryl methyl sites for hydroxylation is 1. The largest absolute Gasteiger partial charge is 0.462 e. The van der Waals surface area contributed by atoms with Crippen LogP contribution in [0.15, 0.2) is 24.3 Å². The maximum absolute atomic E-state index is 12.2. The monoisotopic (exact) mass is 298 g/mol. The first-order valence-corrected chi connectivity index (χ1v) is 8.86. The summed E-state index contributed by atoms with van der Waals surface area (Å²) in [6.07, 6.45) is 9.67. The molecule has 1 aromatic rings. The predicted molar refractivity (Wildman–Crippen MR) is 86.7 cm³/mol. The van der Waals surface area contributed by atoms with E-state index in [2.05, 4.69) is 0 Å². The van der Waals surface area contributed by atoms with Crippen molar-refractivity contribution in [2.75, 3.05) is 6.61 Å². The van der Waals surface area contributed by atoms with Crippen LogP contribution in [0.3, 0.4) is 0 Å². The molecule has 0 radical (unpaired) electrons. The smallest absolute Gasteiger partial charge is 0.338 e. The number of benzene rings is 1. The number of hydrogen-bond donors (Lipinski definition) is 0. The van der Waals surface area contributed by atoms with Gasteiger partial charge in [0.15, 0.2) is 0 Å². The highest BCUT2D eigenvalue weighted by Crippen LogP contribution is 2.61. The van der Waals surface area contributed by atoms with Gasteiger partial charge in [-0.15, -0.1) is 0 Å². The van der Waals surface area contributed by atoms with Crippen LogP contribution in [-0.2, 0) is 4.74 Å². The first-order chi connectivity index (χ1) is 10.6. The molecule has 0 unspecified atom stereocenters. The quantitative estimate of drug-likeness (QED) is 0.749. The van der Waals surface area contributed by atoms with Gasteiger partial charge in [-0.25, -0.2) is 4.79 Å². The molecule has 0 heterocycles. The van der Waals surface area contributed by atoms with Crippen molar-refractivity contribution >= 4 is 5.97 Å². The Balaban J connectivity index is 1.34. The predicted octanol–water partition coefficient (Wildman–Crippen LogP) is 4.76. The van der Waals surface area contributed by atoms with Crippen molar-refractivity contribution in [3.63, 3.8) is 0 Å². The topological polar surface area (TPSA) is 26.3 Å². The van der Waals surface area contributed by atoms with Crippen molar-refractivity contribution in [3.05, 3.63) is 35.4 Å². The lowest BCUT2D eigenvalue weighted by Gasteiger charge is -2.57. The van der Waals surface area contributed by atoms with Gasteiger partial charge in [0.2, 0.25) is 0 Å². The van der Waals surface area contributed by atoms with E-state index < -0.39 is 0 Å². The molecule has 4 aliphatic carbocycles. The van der Waals surface area contributed by atoms with Crippen LogP contribution in [0.2, 0.25) is 0 Å². The van der Waals surface area contributed by atoms with Crippen LogP contribution in [0, 0.1) is 30.1 Å². The van der Waals surface area contributed by atoms with Crippen molar-refractivity contribution in [2.24, 2.45) is 23.2 Å². The van der Waals surface area contributed by atoms with Crippen molar-refractivity contribution in [1.29, 1.82) is 0 Å². The second-order valence-electron chi connectivity index (χ2n) is 8.17. The lowest BCUT2D eigenvalue weighted by Crippen LogP contribution is -2.46. The van der Waals surface area contributed by atoms with E-state index in [0.717, 1.165) is 29.7 Å². The van der Waals surface area contributed by atoms with Crippen LogP contribution in [0.1, 0.15) is 60.9 Å². The summed E-state index contributed by atoms with van der Waals surface area (Å²) in [6.45, 7) is 2.60. The molecule has 1 aromatic carbocycles. The molecular weight excluding hydrogens is 272 g/mol. The summed E-state index contributed by atoms with van der Waals surface area (Å²) in [5.41, 5.74) is 2.29. The first kappa shape index (κ1) is 14.3. The Labute approximate surface area is 133 Å². The van der Waals surface area contributed by atoms with Gasteiger partial charge in [-0.05, 0) is 87.2 Å². The van der Waals surface area contributed by atoms with Gasteiger partial charge in [-0.1, -0.05) is 17.7 Å². The highest BCUT2D eigenvalue weighted by atomic mass is 16.5. The van der Waals surface area contributed by atoms with Crippen LogP contribution in [-0.4, -0.2) is 12.6 Å². The maximum Gasteiger partial charge on any atom is 0.338 e. The number of hydrogen-bond acceptors (Lipinski definition) is 2. The van der Waals surface area contributed by atoms with Crippen molar-refractivity contribution in [2.45, 2.75) is 51.9 Å². The summed E-state index contributed by atoms with van der Waals surface area (Å²) in [4.78, 5) is 12.2. The minimum absolute atomic E-state index is 0.159. The Bertz CT molecular complexity index is 540. The molecule has 4 fully saturated rings. The highest BCUT2D eigenvalue weighted by molar-refractivity contribution is 5.89. The molecule has 0 amide bonds. The molecule has 0 spiro atoms. The van der Waals surface area contributed by atoms with Gasteiger partial charge in [0.05, 0.1) is 12.2 Å². The number of rotatable bonds is 4. The minimum atomic E-state index is -0.159. The average Bonchev–Trinajstić information content (AvgIpc) is 2.45. The molecule has 4 saturated carbocycles. The highest BCUT2D eigenvalue weighted by Gasteiger charge is 2.50. The molecule has 0 atom stereocenters. The van der Waals surface area contributed by atoms with Gasteiger partial charge >= 0.3 is 5.97 Å². The van der Waals surface area contributed by atoms with Crippen molar-refractivity contribution in [3.8, 4) is 0 Å². The first-order valence-electron chi connectivity index (χ1n) is 8.86. The molecule has 0 N–H and O–H groups in total. The van der Waals surface area contributed by atoms with E-state index in [-0.39, 0.29) is 5.97 Å². The van der Waals surface area contributed by atoms with Crippen molar-refractivity contribution < 1.29 is 9.53 Å². The van der Waals surface area contributed by atoms with Crippen LogP contribution in [0.5, 0.6) is 0 Å². The Kier molecular flexibility index (Phi) is 3.51. The fourth-order valence-corrected chi connectivity index (χ4v) is 5.81. The van der Waals surface area contributed by atoms with E-state index in [4.69, 9.17) is 4.74 Å². The third-order valence-corrected chi connectivity index (χ3v) is 6.28. The van der Waals surface area contributed by atoms with E-state index in [1.165, 1.54) is 38.5 Å². The molecule has 4 aliphatic rings. The Hall–Kier alpha value is -1.31. The van der Waals surface area contributed by atoms with Gasteiger partial charge in [0.1, 0.15) is 0 Å². The summed E-state index contributed by atoms with van der Waals surface area (Å²) >= 11 is 0. The molecule has 2 heteroatoms. The number of ether oxygens (including phenoxy) is 1. The summed E-state index contributed by atoms with van der Waals surface area (Å²) in [5.74, 6) is 2.75. The molecule has 0 saturated heterocycles. The van der Waals surface area contributed by atoms with Gasteiger partial charge in [-0.3, -0.25) is 0 Å². The van der Waals surface area contributed by atoms with E-state index in [9.17, 15) is 4.79 Å². The third-order valence-electron chi connectivity index (χ3n) is 6.28. The van der Waals surface area contributed by atoms with Crippen LogP contribution in [0.4, 0.5) is 0 Å². The molecular formula is C20H26O2. The zero-order valence-corrected chi connectivity index (χ0v) is 13.5. The summed E-state index contributed by atoms with van der Waals surface area (Å²) in [6, 6.07) is 7.68. The number of esters is 1. The van der Waals surface area contributed by atoms with Crippen LogP contribution < -0.4 is 0 Å². The molecule has 0 aliphatic heterocycles. The SMILES string of the molecule is Cc1cccc(C(=O)OCCC23CC4CC(CC(C4)C2)C3)c1. The fourth-order valence-electron chi connectivity index (χ4n) is 5.81. The van der Waals surface area contributed by atoms with E-state index in [0.29, 0.717) is 17.6 Å². The Morgan fingerprint density at radius 1 is 1.14 bits per heavy atom. The zero-order valence-electron chi connectivity index (χ0n) is 13.5. The third kappa shape index (κ3) is 2.68. The van der Waals surface area contributed by atoms with E-state index in [1.54, 1.807) is 0 Å². The molecule has 118 valence electrons. The lowest BCUT2D eigenvalue weighted by atomic mass is 9.49. The van der Waals surface area contributed by atoms with Crippen LogP contribution >= 0.6 is 0 Å². The second kappa shape index (κ2) is 5.40. The van der Waals surface area contributed by atoms with E-state index in [1.807, 2.05) is 31.2 Å². The van der Waals surface area contributed by atoms with Crippen LogP contribution in [0.25, 0.3) is 0 Å². The summed E-state index contributed by atoms with van der Waals surface area (Å²) in [5, 5.41) is 0. The van der Waals surface area contributed by atoms with Gasteiger partial charge < -0.3 is 4.74 Å². The molecule has 5 rings (SSSR count). The molecule has 0 aromatic heterocycles. The molecule has 4 bridgehead atoms. The number of carbonyl (C=O) groups excluding carboxylic acids is 1. The zero-order chi connectivity index (χ0) is 15.2. The summed E-state index contributed by atoms with van der Waals surface area (Å²) in [7, 11) is 0. The maximum atomic E-state index is 12.2. The van der Waals surface area contributed by atoms with E-state index >= 15 is 0 Å². The Morgan fingerprint density at radius 3 is 2.36 bits per heavy atom. The minimum Gasteiger partial charge on any atom is -0.462 e.